The standard InChI is InChI=1S/C11H22N2O2/c1-3-4-6-12-10(14)8-13-7-5-11(2,15)9-13/h15H,3-9H2,1-2H3,(H,12,14). The lowest BCUT2D eigenvalue weighted by atomic mass is 10.1. The topological polar surface area (TPSA) is 52.6 Å². The van der Waals surface area contributed by atoms with Gasteiger partial charge in [-0.15, -0.1) is 0 Å². The van der Waals surface area contributed by atoms with Gasteiger partial charge in [-0.2, -0.15) is 0 Å². The predicted molar refractivity (Wildman–Crippen MR) is 59.6 cm³/mol. The van der Waals surface area contributed by atoms with E-state index in [4.69, 9.17) is 0 Å². The van der Waals surface area contributed by atoms with E-state index in [1.807, 2.05) is 11.8 Å². The number of nitrogens with one attached hydrogen (secondary N) is 1. The maximum absolute atomic E-state index is 11.5. The van der Waals surface area contributed by atoms with E-state index >= 15 is 0 Å². The molecule has 4 heteroatoms. The first-order valence-electron chi connectivity index (χ1n) is 5.75. The van der Waals surface area contributed by atoms with E-state index in [1.165, 1.54) is 0 Å². The van der Waals surface area contributed by atoms with Gasteiger partial charge in [-0.1, -0.05) is 13.3 Å². The number of hydrogen-bond donors (Lipinski definition) is 2. The van der Waals surface area contributed by atoms with Crippen molar-refractivity contribution in [1.29, 1.82) is 0 Å². The molecule has 0 aromatic carbocycles. The Kier molecular flexibility index (Phi) is 4.54. The molecule has 1 fully saturated rings. The molecule has 1 heterocycles. The van der Waals surface area contributed by atoms with Gasteiger partial charge in [-0.25, -0.2) is 0 Å². The first-order valence-corrected chi connectivity index (χ1v) is 5.75. The summed E-state index contributed by atoms with van der Waals surface area (Å²) in [5.74, 6) is 0.0705. The SMILES string of the molecule is CCCCNC(=O)CN1CCC(C)(O)C1. The van der Waals surface area contributed by atoms with Gasteiger partial charge >= 0.3 is 0 Å². The monoisotopic (exact) mass is 214 g/mol. The Bertz CT molecular complexity index is 217. The van der Waals surface area contributed by atoms with Crippen LogP contribution in [0.5, 0.6) is 0 Å². The lowest BCUT2D eigenvalue weighted by molar-refractivity contribution is -0.122. The summed E-state index contributed by atoms with van der Waals surface area (Å²) in [5.41, 5.74) is -0.607. The number of amides is 1. The summed E-state index contributed by atoms with van der Waals surface area (Å²) in [6.45, 7) is 6.52. The molecular formula is C11H22N2O2. The minimum atomic E-state index is -0.607. The van der Waals surface area contributed by atoms with Gasteiger partial charge in [0.05, 0.1) is 12.1 Å². The van der Waals surface area contributed by atoms with Crippen LogP contribution in [0, 0.1) is 0 Å². The molecule has 1 aliphatic rings. The number of hydrogen-bond acceptors (Lipinski definition) is 3. The van der Waals surface area contributed by atoms with Crippen LogP contribution in [0.25, 0.3) is 0 Å². The predicted octanol–water partition coefficient (Wildman–Crippen LogP) is 0.359. The molecule has 1 saturated heterocycles. The minimum Gasteiger partial charge on any atom is -0.389 e. The molecule has 1 unspecified atom stereocenters. The summed E-state index contributed by atoms with van der Waals surface area (Å²) < 4.78 is 0. The van der Waals surface area contributed by atoms with Crippen LogP contribution in [-0.2, 0) is 4.79 Å². The van der Waals surface area contributed by atoms with Crippen LogP contribution in [0.1, 0.15) is 33.1 Å². The maximum atomic E-state index is 11.5. The summed E-state index contributed by atoms with van der Waals surface area (Å²) in [4.78, 5) is 13.5. The van der Waals surface area contributed by atoms with Crippen LogP contribution in [0.4, 0.5) is 0 Å². The van der Waals surface area contributed by atoms with Crippen LogP contribution < -0.4 is 5.32 Å². The minimum absolute atomic E-state index is 0.0705. The smallest absolute Gasteiger partial charge is 0.234 e. The Labute approximate surface area is 91.6 Å². The fourth-order valence-corrected chi connectivity index (χ4v) is 1.84. The second-order valence-corrected chi connectivity index (χ2v) is 4.66. The molecule has 1 amide bonds. The van der Waals surface area contributed by atoms with E-state index in [1.54, 1.807) is 0 Å². The van der Waals surface area contributed by atoms with Crippen molar-refractivity contribution in [3.8, 4) is 0 Å². The van der Waals surface area contributed by atoms with Crippen molar-refractivity contribution in [2.45, 2.75) is 38.7 Å². The van der Waals surface area contributed by atoms with Crippen molar-refractivity contribution in [1.82, 2.24) is 10.2 Å². The van der Waals surface area contributed by atoms with Gasteiger partial charge in [0.15, 0.2) is 0 Å². The number of aliphatic hydroxyl groups is 1. The first-order chi connectivity index (χ1) is 7.03. The Balaban J connectivity index is 2.16. The third-order valence-electron chi connectivity index (χ3n) is 2.75. The van der Waals surface area contributed by atoms with E-state index in [0.29, 0.717) is 13.1 Å². The van der Waals surface area contributed by atoms with Crippen LogP contribution in [0.2, 0.25) is 0 Å². The molecule has 0 bridgehead atoms. The van der Waals surface area contributed by atoms with E-state index < -0.39 is 5.60 Å². The highest BCUT2D eigenvalue weighted by atomic mass is 16.3. The van der Waals surface area contributed by atoms with Gasteiger partial charge in [0, 0.05) is 19.6 Å². The molecule has 1 atom stereocenters. The molecule has 1 rings (SSSR count). The molecule has 0 aromatic heterocycles. The molecule has 1 aliphatic heterocycles. The number of carbonyl (C=O) groups excluding carboxylic acids is 1. The van der Waals surface area contributed by atoms with Crippen molar-refractivity contribution in [2.75, 3.05) is 26.2 Å². The van der Waals surface area contributed by atoms with Gasteiger partial charge in [-0.05, 0) is 19.8 Å². The van der Waals surface area contributed by atoms with Crippen LogP contribution >= 0.6 is 0 Å². The molecule has 0 aliphatic carbocycles. The number of rotatable bonds is 5. The van der Waals surface area contributed by atoms with Crippen LogP contribution in [-0.4, -0.2) is 47.7 Å². The fourth-order valence-electron chi connectivity index (χ4n) is 1.84. The second kappa shape index (κ2) is 5.47. The zero-order chi connectivity index (χ0) is 11.3. The van der Waals surface area contributed by atoms with Gasteiger partial charge < -0.3 is 10.4 Å². The normalized spacial score (nSPS) is 26.9. The van der Waals surface area contributed by atoms with Crippen molar-refractivity contribution in [3.63, 3.8) is 0 Å². The molecule has 15 heavy (non-hydrogen) atoms. The maximum Gasteiger partial charge on any atom is 0.234 e. The molecule has 0 aromatic rings. The Hall–Kier alpha value is -0.610. The number of β-amino-alcohol motifs (C(OH)–C–C–N with tert-alkyl or cyclic N) is 1. The van der Waals surface area contributed by atoms with E-state index in [-0.39, 0.29) is 5.91 Å². The number of carbonyl (C=O) groups is 1. The third-order valence-corrected chi connectivity index (χ3v) is 2.75. The van der Waals surface area contributed by atoms with E-state index in [9.17, 15) is 9.90 Å². The molecule has 4 nitrogen and oxygen atoms in total. The zero-order valence-electron chi connectivity index (χ0n) is 9.75. The number of unbranched alkanes of at least 4 members (excludes halogenated alkanes) is 1. The molecule has 0 radical (unpaired) electrons. The molecule has 0 saturated carbocycles. The Morgan fingerprint density at radius 2 is 2.33 bits per heavy atom. The molecular weight excluding hydrogens is 192 g/mol. The summed E-state index contributed by atoms with van der Waals surface area (Å²) >= 11 is 0. The lowest BCUT2D eigenvalue weighted by Crippen LogP contribution is -2.38. The summed E-state index contributed by atoms with van der Waals surface area (Å²) in [6.07, 6.45) is 2.89. The second-order valence-electron chi connectivity index (χ2n) is 4.66. The fraction of sp³-hybridized carbons (Fsp3) is 0.909. The van der Waals surface area contributed by atoms with Gasteiger partial charge in [-0.3, -0.25) is 9.69 Å². The highest BCUT2D eigenvalue weighted by Gasteiger charge is 2.31. The van der Waals surface area contributed by atoms with Crippen LogP contribution in [0.3, 0.4) is 0 Å². The highest BCUT2D eigenvalue weighted by Crippen LogP contribution is 2.19. The zero-order valence-corrected chi connectivity index (χ0v) is 9.75. The van der Waals surface area contributed by atoms with Crippen molar-refractivity contribution < 1.29 is 9.90 Å². The van der Waals surface area contributed by atoms with E-state index in [2.05, 4.69) is 12.2 Å². The molecule has 0 spiro atoms. The lowest BCUT2D eigenvalue weighted by Gasteiger charge is -2.18. The average molecular weight is 214 g/mol. The number of nitrogens with zero attached hydrogens (tertiary/aromatic N) is 1. The van der Waals surface area contributed by atoms with Crippen molar-refractivity contribution in [2.24, 2.45) is 0 Å². The molecule has 88 valence electrons. The summed E-state index contributed by atoms with van der Waals surface area (Å²) in [5, 5.41) is 12.6. The number of likely N-dealkylation sites (tertiary alicyclic amines) is 1. The van der Waals surface area contributed by atoms with E-state index in [0.717, 1.165) is 32.4 Å². The van der Waals surface area contributed by atoms with Crippen molar-refractivity contribution >= 4 is 5.91 Å². The largest absolute Gasteiger partial charge is 0.389 e. The van der Waals surface area contributed by atoms with Crippen molar-refractivity contribution in [3.05, 3.63) is 0 Å². The first kappa shape index (κ1) is 12.5. The summed E-state index contributed by atoms with van der Waals surface area (Å²) in [7, 11) is 0. The van der Waals surface area contributed by atoms with Crippen LogP contribution in [0.15, 0.2) is 0 Å². The van der Waals surface area contributed by atoms with Gasteiger partial charge in [0.1, 0.15) is 0 Å². The quantitative estimate of drug-likeness (QED) is 0.650. The summed E-state index contributed by atoms with van der Waals surface area (Å²) in [6, 6.07) is 0. The highest BCUT2D eigenvalue weighted by molar-refractivity contribution is 5.78. The molecule has 2 N–H and O–H groups in total. The average Bonchev–Trinajstić information content (AvgIpc) is 2.46. The Morgan fingerprint density at radius 3 is 2.87 bits per heavy atom. The Morgan fingerprint density at radius 1 is 1.60 bits per heavy atom. The van der Waals surface area contributed by atoms with Gasteiger partial charge in [0.25, 0.3) is 0 Å². The van der Waals surface area contributed by atoms with Gasteiger partial charge in [0.2, 0.25) is 5.91 Å². The third kappa shape index (κ3) is 4.62.